The van der Waals surface area contributed by atoms with Crippen molar-refractivity contribution in [3.63, 3.8) is 0 Å². The van der Waals surface area contributed by atoms with Crippen molar-refractivity contribution in [1.29, 1.82) is 0 Å². The van der Waals surface area contributed by atoms with Gasteiger partial charge in [-0.25, -0.2) is 0 Å². The normalized spacial score (nSPS) is 12.5. The second-order valence-electron chi connectivity index (χ2n) is 6.09. The van der Waals surface area contributed by atoms with Crippen molar-refractivity contribution in [1.82, 2.24) is 20.1 Å². The molecule has 0 saturated carbocycles. The molecule has 9 heteroatoms. The summed E-state index contributed by atoms with van der Waals surface area (Å²) >= 11 is 0. The second-order valence-corrected chi connectivity index (χ2v) is 6.09. The molecule has 0 saturated heterocycles. The molecule has 0 bridgehead atoms. The smallest absolute Gasteiger partial charge is 0.406 e. The van der Waals surface area contributed by atoms with Crippen LogP contribution in [0.1, 0.15) is 28.9 Å². The maximum atomic E-state index is 12.7. The number of carbonyl (C=O) groups is 1. The second kappa shape index (κ2) is 7.71. The number of carbonyl (C=O) groups excluding carboxylic acids is 1. The molecule has 146 valence electrons. The highest BCUT2D eigenvalue weighted by Gasteiger charge is 2.31. The predicted octanol–water partition coefficient (Wildman–Crippen LogP) is 3.87. The molecule has 6 nitrogen and oxygen atoms in total. The lowest BCUT2D eigenvalue weighted by Crippen LogP contribution is -2.26. The minimum atomic E-state index is -4.75. The van der Waals surface area contributed by atoms with Crippen LogP contribution < -0.4 is 10.1 Å². The van der Waals surface area contributed by atoms with Crippen LogP contribution >= 0.6 is 0 Å². The summed E-state index contributed by atoms with van der Waals surface area (Å²) in [5, 5.41) is 7.12. The topological polar surface area (TPSA) is 69.0 Å². The molecule has 1 atom stereocenters. The molecule has 2 heterocycles. The van der Waals surface area contributed by atoms with Crippen LogP contribution in [0.15, 0.2) is 54.9 Å². The van der Waals surface area contributed by atoms with Gasteiger partial charge in [-0.05, 0) is 36.8 Å². The first kappa shape index (κ1) is 19.4. The quantitative estimate of drug-likeness (QED) is 0.718. The summed E-state index contributed by atoms with van der Waals surface area (Å²) in [6.07, 6.45) is -1.55. The SMILES string of the molecule is CC(NC(=O)c1cn(C)nc1-c1ccccn1)c1ccc(OC(F)(F)F)cc1. The summed E-state index contributed by atoms with van der Waals surface area (Å²) in [5.74, 6) is -0.684. The maximum Gasteiger partial charge on any atom is 0.573 e. The van der Waals surface area contributed by atoms with Gasteiger partial charge in [0, 0.05) is 19.4 Å². The van der Waals surface area contributed by atoms with E-state index in [9.17, 15) is 18.0 Å². The van der Waals surface area contributed by atoms with Crippen molar-refractivity contribution in [3.8, 4) is 17.1 Å². The number of hydrogen-bond acceptors (Lipinski definition) is 4. The minimum absolute atomic E-state index is 0.320. The fourth-order valence-electron chi connectivity index (χ4n) is 2.66. The van der Waals surface area contributed by atoms with Crippen LogP contribution in [0.25, 0.3) is 11.4 Å². The number of hydrogen-bond donors (Lipinski definition) is 1. The Morgan fingerprint density at radius 1 is 1.18 bits per heavy atom. The Morgan fingerprint density at radius 2 is 1.89 bits per heavy atom. The van der Waals surface area contributed by atoms with Gasteiger partial charge in [0.25, 0.3) is 5.91 Å². The van der Waals surface area contributed by atoms with Crippen molar-refractivity contribution >= 4 is 5.91 Å². The van der Waals surface area contributed by atoms with E-state index in [2.05, 4.69) is 20.1 Å². The summed E-state index contributed by atoms with van der Waals surface area (Å²) in [6.45, 7) is 1.73. The number of ether oxygens (including phenoxy) is 1. The molecule has 0 spiro atoms. The summed E-state index contributed by atoms with van der Waals surface area (Å²) < 4.78 is 42.1. The number of halogens is 3. The highest BCUT2D eigenvalue weighted by Crippen LogP contribution is 2.25. The average Bonchev–Trinajstić information content (AvgIpc) is 3.03. The van der Waals surface area contributed by atoms with Crippen molar-refractivity contribution < 1.29 is 22.7 Å². The van der Waals surface area contributed by atoms with E-state index < -0.39 is 12.4 Å². The molecule has 0 aliphatic heterocycles. The third-order valence-electron chi connectivity index (χ3n) is 3.94. The van der Waals surface area contributed by atoms with E-state index in [1.807, 2.05) is 0 Å². The number of alkyl halides is 3. The van der Waals surface area contributed by atoms with Crippen LogP contribution in [-0.2, 0) is 7.05 Å². The first-order chi connectivity index (χ1) is 13.2. The monoisotopic (exact) mass is 390 g/mol. The summed E-state index contributed by atoms with van der Waals surface area (Å²) in [7, 11) is 1.70. The average molecular weight is 390 g/mol. The Kier molecular flexibility index (Phi) is 5.34. The van der Waals surface area contributed by atoms with Gasteiger partial charge in [0.1, 0.15) is 11.4 Å². The Morgan fingerprint density at radius 3 is 2.50 bits per heavy atom. The van der Waals surface area contributed by atoms with Gasteiger partial charge in [0.15, 0.2) is 0 Å². The zero-order valence-corrected chi connectivity index (χ0v) is 15.1. The van der Waals surface area contributed by atoms with Gasteiger partial charge in [0.2, 0.25) is 0 Å². The molecule has 3 aromatic rings. The molecule has 0 fully saturated rings. The highest BCUT2D eigenvalue weighted by molar-refractivity contribution is 5.99. The molecular formula is C19H17F3N4O2. The summed E-state index contributed by atoms with van der Waals surface area (Å²) in [4.78, 5) is 16.9. The Balaban J connectivity index is 1.75. The number of nitrogens with zero attached hydrogens (tertiary/aromatic N) is 3. The van der Waals surface area contributed by atoms with Crippen LogP contribution in [0.3, 0.4) is 0 Å². The molecular weight excluding hydrogens is 373 g/mol. The van der Waals surface area contributed by atoms with Crippen LogP contribution in [0.4, 0.5) is 13.2 Å². The van der Waals surface area contributed by atoms with E-state index in [0.717, 1.165) is 0 Å². The van der Waals surface area contributed by atoms with Crippen LogP contribution in [0.2, 0.25) is 0 Å². The van der Waals surface area contributed by atoms with Crippen LogP contribution in [-0.4, -0.2) is 27.0 Å². The molecule has 0 aliphatic rings. The van der Waals surface area contributed by atoms with Gasteiger partial charge < -0.3 is 10.1 Å². The van der Waals surface area contributed by atoms with Crippen molar-refractivity contribution in [2.24, 2.45) is 7.05 Å². The van der Waals surface area contributed by atoms with Gasteiger partial charge >= 0.3 is 6.36 Å². The Hall–Kier alpha value is -3.36. The molecule has 1 unspecified atom stereocenters. The third kappa shape index (κ3) is 4.67. The molecule has 1 N–H and O–H groups in total. The van der Waals surface area contributed by atoms with Gasteiger partial charge in [0.05, 0.1) is 17.3 Å². The zero-order chi connectivity index (χ0) is 20.3. The van der Waals surface area contributed by atoms with Gasteiger partial charge in [-0.2, -0.15) is 5.10 Å². The number of pyridine rings is 1. The Bertz CT molecular complexity index is 954. The van der Waals surface area contributed by atoms with Gasteiger partial charge in [-0.3, -0.25) is 14.5 Å². The van der Waals surface area contributed by atoms with Gasteiger partial charge in [-0.15, -0.1) is 13.2 Å². The van der Waals surface area contributed by atoms with Crippen LogP contribution in [0, 0.1) is 0 Å². The van der Waals surface area contributed by atoms with Crippen molar-refractivity contribution in [3.05, 3.63) is 66.0 Å². The highest BCUT2D eigenvalue weighted by atomic mass is 19.4. The first-order valence-corrected chi connectivity index (χ1v) is 8.34. The summed E-state index contributed by atoms with van der Waals surface area (Å²) in [6, 6.07) is 10.2. The van der Waals surface area contributed by atoms with E-state index in [0.29, 0.717) is 22.5 Å². The maximum absolute atomic E-state index is 12.7. The number of nitrogens with one attached hydrogen (secondary N) is 1. The predicted molar refractivity (Wildman–Crippen MR) is 95.4 cm³/mol. The largest absolute Gasteiger partial charge is 0.573 e. The van der Waals surface area contributed by atoms with E-state index in [-0.39, 0.29) is 11.7 Å². The van der Waals surface area contributed by atoms with Gasteiger partial charge in [-0.1, -0.05) is 18.2 Å². The molecule has 2 aromatic heterocycles. The number of amides is 1. The molecule has 28 heavy (non-hydrogen) atoms. The molecule has 0 aliphatic carbocycles. The van der Waals surface area contributed by atoms with E-state index in [1.54, 1.807) is 44.6 Å². The molecule has 1 amide bonds. The van der Waals surface area contributed by atoms with Crippen LogP contribution in [0.5, 0.6) is 5.75 Å². The number of aromatic nitrogens is 3. The third-order valence-corrected chi connectivity index (χ3v) is 3.94. The molecule has 0 radical (unpaired) electrons. The minimum Gasteiger partial charge on any atom is -0.406 e. The summed E-state index contributed by atoms with van der Waals surface area (Å²) in [5.41, 5.74) is 1.99. The fourth-order valence-corrected chi connectivity index (χ4v) is 2.66. The molecule has 1 aromatic carbocycles. The number of benzene rings is 1. The lowest BCUT2D eigenvalue weighted by atomic mass is 10.1. The van der Waals surface area contributed by atoms with Crippen molar-refractivity contribution in [2.45, 2.75) is 19.3 Å². The van der Waals surface area contributed by atoms with E-state index in [1.165, 1.54) is 28.9 Å². The lowest BCUT2D eigenvalue weighted by Gasteiger charge is -2.15. The van der Waals surface area contributed by atoms with E-state index >= 15 is 0 Å². The zero-order valence-electron chi connectivity index (χ0n) is 15.1. The lowest BCUT2D eigenvalue weighted by molar-refractivity contribution is -0.274. The fraction of sp³-hybridized carbons (Fsp3) is 0.211. The Labute approximate surface area is 159 Å². The van der Waals surface area contributed by atoms with Crippen molar-refractivity contribution in [2.75, 3.05) is 0 Å². The standard InChI is InChI=1S/C19H17F3N4O2/c1-12(13-6-8-14(9-7-13)28-19(20,21)22)24-18(27)15-11-26(2)25-17(15)16-5-3-4-10-23-16/h3-12H,1-2H3,(H,24,27). The first-order valence-electron chi connectivity index (χ1n) is 8.34. The molecule has 3 rings (SSSR count). The number of rotatable bonds is 5. The van der Waals surface area contributed by atoms with E-state index in [4.69, 9.17) is 0 Å². The number of aryl methyl sites for hydroxylation is 1.